The topological polar surface area (TPSA) is 35.6 Å². The van der Waals surface area contributed by atoms with E-state index in [1.54, 1.807) is 0 Å². The van der Waals surface area contributed by atoms with Crippen molar-refractivity contribution < 1.29 is 4.79 Å². The number of amides is 1. The minimum atomic E-state index is 0.363. The van der Waals surface area contributed by atoms with Crippen LogP contribution in [0.5, 0.6) is 0 Å². The van der Waals surface area contributed by atoms with Crippen molar-refractivity contribution in [1.29, 1.82) is 0 Å². The largest absolute Gasteiger partial charge is 0.341 e. The van der Waals surface area contributed by atoms with Crippen molar-refractivity contribution in [1.82, 2.24) is 15.1 Å². The zero-order valence-corrected chi connectivity index (χ0v) is 12.7. The van der Waals surface area contributed by atoms with Crippen molar-refractivity contribution in [3.63, 3.8) is 0 Å². The molecule has 1 N–H and O–H groups in total. The molecular formula is C15H29N3O. The van der Waals surface area contributed by atoms with E-state index in [4.69, 9.17) is 0 Å². The zero-order valence-electron chi connectivity index (χ0n) is 12.7. The van der Waals surface area contributed by atoms with E-state index in [0.29, 0.717) is 23.8 Å². The second-order valence-corrected chi connectivity index (χ2v) is 6.56. The van der Waals surface area contributed by atoms with Gasteiger partial charge in [0.2, 0.25) is 5.91 Å². The summed E-state index contributed by atoms with van der Waals surface area (Å²) in [4.78, 5) is 16.6. The molecule has 2 heterocycles. The summed E-state index contributed by atoms with van der Waals surface area (Å²) in [5.41, 5.74) is 0. The fourth-order valence-corrected chi connectivity index (χ4v) is 3.48. The Morgan fingerprint density at radius 1 is 1.37 bits per heavy atom. The highest BCUT2D eigenvalue weighted by molar-refractivity contribution is 5.76. The summed E-state index contributed by atoms with van der Waals surface area (Å²) in [5.74, 6) is 1.67. The van der Waals surface area contributed by atoms with Gasteiger partial charge in [-0.05, 0) is 58.3 Å². The van der Waals surface area contributed by atoms with Gasteiger partial charge in [0.25, 0.3) is 0 Å². The van der Waals surface area contributed by atoms with E-state index in [1.165, 1.54) is 12.8 Å². The molecule has 2 fully saturated rings. The number of likely N-dealkylation sites (N-methyl/N-ethyl adjacent to an activating group) is 1. The van der Waals surface area contributed by atoms with Gasteiger partial charge >= 0.3 is 0 Å². The van der Waals surface area contributed by atoms with Crippen LogP contribution in [0, 0.1) is 11.8 Å². The van der Waals surface area contributed by atoms with Crippen molar-refractivity contribution in [2.75, 3.05) is 40.3 Å². The average molecular weight is 267 g/mol. The summed E-state index contributed by atoms with van der Waals surface area (Å²) in [6.45, 7) is 6.35. The fourth-order valence-electron chi connectivity index (χ4n) is 3.48. The number of nitrogens with zero attached hydrogens (tertiary/aromatic N) is 2. The van der Waals surface area contributed by atoms with Crippen molar-refractivity contribution in [3.05, 3.63) is 0 Å². The number of hydrogen-bond donors (Lipinski definition) is 1. The van der Waals surface area contributed by atoms with Crippen molar-refractivity contribution in [3.8, 4) is 0 Å². The first-order valence-electron chi connectivity index (χ1n) is 7.73. The summed E-state index contributed by atoms with van der Waals surface area (Å²) in [6.07, 6.45) is 4.35. The van der Waals surface area contributed by atoms with E-state index in [9.17, 15) is 4.79 Å². The van der Waals surface area contributed by atoms with E-state index >= 15 is 0 Å². The van der Waals surface area contributed by atoms with Crippen LogP contribution >= 0.6 is 0 Å². The molecule has 0 aliphatic carbocycles. The van der Waals surface area contributed by atoms with Gasteiger partial charge in [0.1, 0.15) is 0 Å². The molecule has 4 nitrogen and oxygen atoms in total. The first kappa shape index (κ1) is 14.8. The van der Waals surface area contributed by atoms with Gasteiger partial charge in [-0.25, -0.2) is 0 Å². The number of carbonyl (C=O) groups is 1. The van der Waals surface area contributed by atoms with Gasteiger partial charge in [-0.1, -0.05) is 6.92 Å². The van der Waals surface area contributed by atoms with E-state index in [0.717, 1.165) is 39.0 Å². The first-order chi connectivity index (χ1) is 9.08. The highest BCUT2D eigenvalue weighted by Gasteiger charge is 2.33. The predicted octanol–water partition coefficient (Wildman–Crippen LogP) is 1.17. The molecule has 2 aliphatic heterocycles. The summed E-state index contributed by atoms with van der Waals surface area (Å²) in [7, 11) is 4.23. The molecule has 2 aliphatic rings. The standard InChI is InChI=1S/C15H29N3O/c1-12-10-18(11-14(12)17(2)3)15(19)7-6-13-5-4-8-16-9-13/h12-14,16H,4-11H2,1-3H3. The van der Waals surface area contributed by atoms with E-state index in [-0.39, 0.29) is 0 Å². The fraction of sp³-hybridized carbons (Fsp3) is 0.933. The summed E-state index contributed by atoms with van der Waals surface area (Å²) < 4.78 is 0. The molecule has 0 aromatic rings. The van der Waals surface area contributed by atoms with Crippen LogP contribution in [0.1, 0.15) is 32.6 Å². The van der Waals surface area contributed by atoms with Crippen molar-refractivity contribution in [2.24, 2.45) is 11.8 Å². The Morgan fingerprint density at radius 3 is 2.74 bits per heavy atom. The van der Waals surface area contributed by atoms with Gasteiger partial charge in [-0.15, -0.1) is 0 Å². The van der Waals surface area contributed by atoms with Crippen molar-refractivity contribution in [2.45, 2.75) is 38.6 Å². The summed E-state index contributed by atoms with van der Waals surface area (Å²) in [5, 5.41) is 3.43. The molecule has 0 bridgehead atoms. The van der Waals surface area contributed by atoms with Gasteiger partial charge in [-0.3, -0.25) is 4.79 Å². The van der Waals surface area contributed by atoms with Gasteiger partial charge in [0.15, 0.2) is 0 Å². The van der Waals surface area contributed by atoms with Gasteiger partial charge < -0.3 is 15.1 Å². The van der Waals surface area contributed by atoms with Gasteiger partial charge in [0, 0.05) is 25.6 Å². The number of carbonyl (C=O) groups excluding carboxylic acids is 1. The molecule has 0 saturated carbocycles. The monoisotopic (exact) mass is 267 g/mol. The summed E-state index contributed by atoms with van der Waals surface area (Å²) in [6, 6.07) is 0.528. The molecule has 2 rings (SSSR count). The Labute approximate surface area is 117 Å². The van der Waals surface area contributed by atoms with Crippen LogP contribution in [-0.4, -0.2) is 62.0 Å². The lowest BCUT2D eigenvalue weighted by molar-refractivity contribution is -0.130. The maximum absolute atomic E-state index is 12.3. The third-order valence-electron chi connectivity index (χ3n) is 4.75. The number of nitrogens with one attached hydrogen (secondary N) is 1. The summed E-state index contributed by atoms with van der Waals surface area (Å²) >= 11 is 0. The van der Waals surface area contributed by atoms with E-state index in [2.05, 4.69) is 36.1 Å². The maximum atomic E-state index is 12.3. The normalized spacial score (nSPS) is 32.0. The number of likely N-dealkylation sites (tertiary alicyclic amines) is 1. The van der Waals surface area contributed by atoms with E-state index < -0.39 is 0 Å². The van der Waals surface area contributed by atoms with Gasteiger partial charge in [-0.2, -0.15) is 0 Å². The Kier molecular flexibility index (Phi) is 5.22. The van der Waals surface area contributed by atoms with Crippen LogP contribution in [0.3, 0.4) is 0 Å². The molecule has 2 saturated heterocycles. The van der Waals surface area contributed by atoms with Crippen LogP contribution in [0.25, 0.3) is 0 Å². The maximum Gasteiger partial charge on any atom is 0.222 e. The lowest BCUT2D eigenvalue weighted by Crippen LogP contribution is -2.36. The van der Waals surface area contributed by atoms with Crippen LogP contribution in [0.2, 0.25) is 0 Å². The lowest BCUT2D eigenvalue weighted by Gasteiger charge is -2.24. The Hall–Kier alpha value is -0.610. The number of rotatable bonds is 4. The third kappa shape index (κ3) is 3.93. The molecule has 3 unspecified atom stereocenters. The quantitative estimate of drug-likeness (QED) is 0.831. The Bertz CT molecular complexity index is 300. The van der Waals surface area contributed by atoms with Gasteiger partial charge in [0.05, 0.1) is 0 Å². The average Bonchev–Trinajstić information content (AvgIpc) is 2.79. The molecule has 3 atom stereocenters. The highest BCUT2D eigenvalue weighted by atomic mass is 16.2. The molecule has 0 aromatic carbocycles. The first-order valence-corrected chi connectivity index (χ1v) is 7.73. The SMILES string of the molecule is CC1CN(C(=O)CCC2CCCNC2)CC1N(C)C. The molecular weight excluding hydrogens is 238 g/mol. The molecule has 0 radical (unpaired) electrons. The Morgan fingerprint density at radius 2 is 2.16 bits per heavy atom. The minimum absolute atomic E-state index is 0.363. The molecule has 110 valence electrons. The second-order valence-electron chi connectivity index (χ2n) is 6.56. The zero-order chi connectivity index (χ0) is 13.8. The molecule has 1 amide bonds. The molecule has 19 heavy (non-hydrogen) atoms. The molecule has 0 spiro atoms. The predicted molar refractivity (Wildman–Crippen MR) is 78.0 cm³/mol. The minimum Gasteiger partial charge on any atom is -0.341 e. The molecule has 0 aromatic heterocycles. The Balaban J connectivity index is 1.74. The number of piperidine rings is 1. The lowest BCUT2D eigenvalue weighted by atomic mass is 9.94. The second kappa shape index (κ2) is 6.71. The third-order valence-corrected chi connectivity index (χ3v) is 4.75. The number of hydrogen-bond acceptors (Lipinski definition) is 3. The van der Waals surface area contributed by atoms with E-state index in [1.807, 2.05) is 0 Å². The van der Waals surface area contributed by atoms with Crippen molar-refractivity contribution >= 4 is 5.91 Å². The van der Waals surface area contributed by atoms with Crippen LogP contribution < -0.4 is 5.32 Å². The van der Waals surface area contributed by atoms with Crippen LogP contribution in [0.4, 0.5) is 0 Å². The molecule has 4 heteroatoms. The van der Waals surface area contributed by atoms with Crippen LogP contribution in [0.15, 0.2) is 0 Å². The van der Waals surface area contributed by atoms with Crippen LogP contribution in [-0.2, 0) is 4.79 Å². The highest BCUT2D eigenvalue weighted by Crippen LogP contribution is 2.22. The smallest absolute Gasteiger partial charge is 0.222 e.